The molecule has 0 radical (unpaired) electrons. The first-order valence-electron chi connectivity index (χ1n) is 20.9. The summed E-state index contributed by atoms with van der Waals surface area (Å²) in [5.41, 5.74) is 13.6. The highest BCUT2D eigenvalue weighted by molar-refractivity contribution is 6.21. The van der Waals surface area contributed by atoms with Crippen LogP contribution in [0.3, 0.4) is 0 Å². The van der Waals surface area contributed by atoms with Gasteiger partial charge in [-0.1, -0.05) is 146 Å². The van der Waals surface area contributed by atoms with Gasteiger partial charge in [0.15, 0.2) is 17.2 Å². The second-order valence-electron chi connectivity index (χ2n) is 15.8. The largest absolute Gasteiger partial charge is 0.454 e. The molecule has 62 heavy (non-hydrogen) atoms. The standard InChI is InChI=1S/C56H35N5O/c1-3-16-36(17-4-1)55-57-58-56(61(55)39-20-5-2-6-21-39)47-27-15-30-50-52(47)46-26-8-11-29-49(46)59(50)40-22-13-18-37(34-40)38-19-14-23-41(35-38)60-48-28-10-7-24-42(48)44-32-33-45-43-25-9-12-31-51(43)62-54(45)53(44)60/h1-35H. The Morgan fingerprint density at radius 2 is 0.887 bits per heavy atom. The number of fused-ring (bicyclic) bond motifs is 10. The quantitative estimate of drug-likeness (QED) is 0.168. The van der Waals surface area contributed by atoms with Crippen LogP contribution in [-0.4, -0.2) is 23.9 Å². The van der Waals surface area contributed by atoms with E-state index in [9.17, 15) is 0 Å². The third kappa shape index (κ3) is 5.10. The Kier molecular flexibility index (Phi) is 7.50. The van der Waals surface area contributed by atoms with Crippen molar-refractivity contribution in [2.45, 2.75) is 0 Å². The molecule has 0 fully saturated rings. The second-order valence-corrected chi connectivity index (χ2v) is 15.8. The van der Waals surface area contributed by atoms with Crippen molar-refractivity contribution in [3.8, 4) is 51.0 Å². The molecule has 0 atom stereocenters. The summed E-state index contributed by atoms with van der Waals surface area (Å²) in [6.07, 6.45) is 0. The van der Waals surface area contributed by atoms with Crippen molar-refractivity contribution >= 4 is 65.6 Å². The van der Waals surface area contributed by atoms with Gasteiger partial charge in [-0.25, -0.2) is 0 Å². The average molecular weight is 794 g/mol. The Labute approximate surface area is 355 Å². The van der Waals surface area contributed by atoms with E-state index in [0.29, 0.717) is 0 Å². The summed E-state index contributed by atoms with van der Waals surface area (Å²) in [6.45, 7) is 0. The molecule has 0 amide bonds. The normalized spacial score (nSPS) is 11.9. The molecule has 4 aromatic heterocycles. The van der Waals surface area contributed by atoms with Gasteiger partial charge in [0.2, 0.25) is 0 Å². The van der Waals surface area contributed by atoms with Crippen LogP contribution >= 0.6 is 0 Å². The lowest BCUT2D eigenvalue weighted by atomic mass is 10.0. The molecule has 0 unspecified atom stereocenters. The summed E-state index contributed by atoms with van der Waals surface area (Å²) < 4.78 is 13.6. The van der Waals surface area contributed by atoms with Gasteiger partial charge in [0.1, 0.15) is 5.58 Å². The van der Waals surface area contributed by atoms with Crippen molar-refractivity contribution in [1.82, 2.24) is 23.9 Å². The minimum absolute atomic E-state index is 0.791. The first-order valence-corrected chi connectivity index (χ1v) is 20.9. The van der Waals surface area contributed by atoms with Crippen LogP contribution in [0, 0.1) is 0 Å². The topological polar surface area (TPSA) is 53.7 Å². The molecule has 0 bridgehead atoms. The highest BCUT2D eigenvalue weighted by atomic mass is 16.3. The maximum atomic E-state index is 6.65. The fourth-order valence-corrected chi connectivity index (χ4v) is 9.69. The fraction of sp³-hybridized carbons (Fsp3) is 0. The van der Waals surface area contributed by atoms with E-state index < -0.39 is 0 Å². The Hall–Kier alpha value is -8.48. The first-order chi connectivity index (χ1) is 30.8. The van der Waals surface area contributed by atoms with Gasteiger partial charge in [-0.2, -0.15) is 0 Å². The van der Waals surface area contributed by atoms with E-state index in [0.717, 1.165) is 106 Å². The van der Waals surface area contributed by atoms with Crippen LogP contribution in [0.4, 0.5) is 0 Å². The van der Waals surface area contributed by atoms with Gasteiger partial charge in [-0.3, -0.25) is 4.57 Å². The zero-order valence-corrected chi connectivity index (χ0v) is 33.4. The third-order valence-electron chi connectivity index (χ3n) is 12.4. The van der Waals surface area contributed by atoms with Gasteiger partial charge in [0.05, 0.1) is 22.1 Å². The average Bonchev–Trinajstić information content (AvgIpc) is 4.12. The van der Waals surface area contributed by atoms with Crippen LogP contribution < -0.4 is 0 Å². The van der Waals surface area contributed by atoms with E-state index in [1.54, 1.807) is 0 Å². The molecule has 0 N–H and O–H groups in total. The van der Waals surface area contributed by atoms with E-state index in [-0.39, 0.29) is 0 Å². The molecule has 6 heteroatoms. The van der Waals surface area contributed by atoms with Gasteiger partial charge in [-0.05, 0) is 77.9 Å². The molecular formula is C56H35N5O. The zero-order valence-electron chi connectivity index (χ0n) is 33.4. The number of aromatic nitrogens is 5. The SMILES string of the molecule is c1ccc(-c2nnc(-c3cccc4c3c3ccccc3n4-c3cccc(-c4cccc(-n5c6ccccc6c6ccc7c8ccccc8oc7c65)c4)c3)n2-c2ccccc2)cc1. The third-order valence-corrected chi connectivity index (χ3v) is 12.4. The predicted octanol–water partition coefficient (Wildman–Crippen LogP) is 14.4. The van der Waals surface area contributed by atoms with Crippen LogP contribution in [0.2, 0.25) is 0 Å². The van der Waals surface area contributed by atoms with Gasteiger partial charge in [0, 0.05) is 60.5 Å². The van der Waals surface area contributed by atoms with Crippen molar-refractivity contribution < 1.29 is 4.42 Å². The number of nitrogens with zero attached hydrogens (tertiary/aromatic N) is 5. The summed E-state index contributed by atoms with van der Waals surface area (Å²) in [5, 5.41) is 16.6. The number of furan rings is 1. The Morgan fingerprint density at radius 1 is 0.339 bits per heavy atom. The summed E-state index contributed by atoms with van der Waals surface area (Å²) in [6, 6.07) is 75.0. The monoisotopic (exact) mass is 793 g/mol. The molecule has 13 aromatic rings. The maximum absolute atomic E-state index is 6.65. The number of benzene rings is 9. The van der Waals surface area contributed by atoms with E-state index in [2.05, 4.69) is 196 Å². The van der Waals surface area contributed by atoms with E-state index in [1.165, 1.54) is 10.8 Å². The number of hydrogen-bond acceptors (Lipinski definition) is 3. The lowest BCUT2D eigenvalue weighted by Crippen LogP contribution is -2.00. The molecule has 290 valence electrons. The van der Waals surface area contributed by atoms with Crippen molar-refractivity contribution in [1.29, 1.82) is 0 Å². The number of hydrogen-bond donors (Lipinski definition) is 0. The summed E-state index contributed by atoms with van der Waals surface area (Å²) >= 11 is 0. The highest BCUT2D eigenvalue weighted by Gasteiger charge is 2.23. The number of para-hydroxylation sites is 4. The lowest BCUT2D eigenvalue weighted by Gasteiger charge is -2.13. The smallest absolute Gasteiger partial charge is 0.169 e. The molecule has 0 saturated heterocycles. The minimum Gasteiger partial charge on any atom is -0.454 e. The van der Waals surface area contributed by atoms with Crippen molar-refractivity contribution in [2.75, 3.05) is 0 Å². The Bertz CT molecular complexity index is 3870. The second kappa shape index (κ2) is 13.5. The minimum atomic E-state index is 0.791. The van der Waals surface area contributed by atoms with Crippen molar-refractivity contribution in [2.24, 2.45) is 0 Å². The zero-order chi connectivity index (χ0) is 40.7. The van der Waals surface area contributed by atoms with Gasteiger partial charge in [-0.15, -0.1) is 10.2 Å². The van der Waals surface area contributed by atoms with Gasteiger partial charge in [0.25, 0.3) is 0 Å². The van der Waals surface area contributed by atoms with Crippen LogP contribution in [-0.2, 0) is 0 Å². The van der Waals surface area contributed by atoms with Gasteiger partial charge >= 0.3 is 0 Å². The first kappa shape index (κ1) is 34.4. The molecule has 4 heterocycles. The molecule has 0 aliphatic heterocycles. The van der Waals surface area contributed by atoms with Crippen molar-refractivity contribution in [3.05, 3.63) is 212 Å². The van der Waals surface area contributed by atoms with E-state index >= 15 is 0 Å². The fourth-order valence-electron chi connectivity index (χ4n) is 9.69. The van der Waals surface area contributed by atoms with Crippen LogP contribution in [0.15, 0.2) is 217 Å². The van der Waals surface area contributed by atoms with Crippen molar-refractivity contribution in [3.63, 3.8) is 0 Å². The molecule has 0 aliphatic carbocycles. The van der Waals surface area contributed by atoms with Crippen LogP contribution in [0.1, 0.15) is 0 Å². The summed E-state index contributed by atoms with van der Waals surface area (Å²) in [5.74, 6) is 1.59. The Balaban J connectivity index is 0.986. The van der Waals surface area contributed by atoms with Crippen LogP contribution in [0.5, 0.6) is 0 Å². The molecule has 13 rings (SSSR count). The highest BCUT2D eigenvalue weighted by Crippen LogP contribution is 2.42. The molecule has 0 spiro atoms. The molecule has 0 aliphatic rings. The Morgan fingerprint density at radius 3 is 1.66 bits per heavy atom. The molecule has 9 aromatic carbocycles. The van der Waals surface area contributed by atoms with E-state index in [4.69, 9.17) is 14.6 Å². The van der Waals surface area contributed by atoms with E-state index in [1.807, 2.05) is 30.3 Å². The van der Waals surface area contributed by atoms with Crippen LogP contribution in [0.25, 0.3) is 117 Å². The number of rotatable bonds is 6. The van der Waals surface area contributed by atoms with Gasteiger partial charge < -0.3 is 13.6 Å². The molecule has 0 saturated carbocycles. The molecule has 6 nitrogen and oxygen atoms in total. The molecular weight excluding hydrogens is 759 g/mol. The summed E-state index contributed by atoms with van der Waals surface area (Å²) in [7, 11) is 0. The predicted molar refractivity (Wildman–Crippen MR) is 254 cm³/mol. The summed E-state index contributed by atoms with van der Waals surface area (Å²) in [4.78, 5) is 0. The maximum Gasteiger partial charge on any atom is 0.169 e. The lowest BCUT2D eigenvalue weighted by molar-refractivity contribution is 0.671.